The molecule has 0 amide bonds. The summed E-state index contributed by atoms with van der Waals surface area (Å²) in [4.78, 5) is 0. The van der Waals surface area contributed by atoms with E-state index < -0.39 is 18.0 Å². The highest BCUT2D eigenvalue weighted by Gasteiger charge is 2.15. The van der Waals surface area contributed by atoms with Crippen LogP contribution in [0.25, 0.3) is 0 Å². The van der Waals surface area contributed by atoms with Gasteiger partial charge in [-0.2, -0.15) is 0 Å². The van der Waals surface area contributed by atoms with Crippen molar-refractivity contribution in [1.29, 1.82) is 0 Å². The van der Waals surface area contributed by atoms with Crippen LogP contribution in [0.3, 0.4) is 0 Å². The van der Waals surface area contributed by atoms with E-state index in [1.165, 1.54) is 13.0 Å². The van der Waals surface area contributed by atoms with Crippen molar-refractivity contribution < 1.29 is 9.50 Å². The predicted molar refractivity (Wildman–Crippen MR) is 52.7 cm³/mol. The Kier molecular flexibility index (Phi) is 3.41. The number of hydrogen-bond acceptors (Lipinski definition) is 2. The minimum atomic E-state index is -0.754. The first-order valence-corrected chi connectivity index (χ1v) is 4.70. The highest BCUT2D eigenvalue weighted by Crippen LogP contribution is 2.21. The molecule has 0 unspecified atom stereocenters. The van der Waals surface area contributed by atoms with Crippen LogP contribution in [-0.2, 0) is 0 Å². The summed E-state index contributed by atoms with van der Waals surface area (Å²) in [5.74, 6) is -0.400. The van der Waals surface area contributed by atoms with E-state index >= 15 is 0 Å². The number of aliphatic hydroxyl groups is 1. The summed E-state index contributed by atoms with van der Waals surface area (Å²) >= 11 is 3.14. The molecule has 0 aromatic heterocycles. The van der Waals surface area contributed by atoms with E-state index in [2.05, 4.69) is 15.9 Å². The number of nitrogens with two attached hydrogens (primary N) is 1. The van der Waals surface area contributed by atoms with Crippen molar-refractivity contribution in [1.82, 2.24) is 0 Å². The molecule has 0 saturated carbocycles. The van der Waals surface area contributed by atoms with Crippen LogP contribution in [0.15, 0.2) is 22.7 Å². The van der Waals surface area contributed by atoms with Crippen LogP contribution in [0.5, 0.6) is 0 Å². The molecule has 0 heterocycles. The summed E-state index contributed by atoms with van der Waals surface area (Å²) < 4.78 is 13.9. The maximum atomic E-state index is 13.2. The van der Waals surface area contributed by atoms with Crippen LogP contribution < -0.4 is 5.73 Å². The Bertz CT molecular complexity index is 304. The van der Waals surface area contributed by atoms with Gasteiger partial charge < -0.3 is 10.8 Å². The molecule has 0 aliphatic rings. The number of halogens is 2. The monoisotopic (exact) mass is 247 g/mol. The second kappa shape index (κ2) is 4.17. The van der Waals surface area contributed by atoms with Crippen molar-refractivity contribution in [3.05, 3.63) is 34.1 Å². The molecule has 1 rings (SSSR count). The fourth-order valence-electron chi connectivity index (χ4n) is 1.03. The molecule has 0 spiro atoms. The molecule has 1 aromatic rings. The fourth-order valence-corrected chi connectivity index (χ4v) is 1.36. The summed E-state index contributed by atoms with van der Waals surface area (Å²) in [7, 11) is 0. The first-order chi connectivity index (χ1) is 6.02. The lowest BCUT2D eigenvalue weighted by atomic mass is 10.0. The first kappa shape index (κ1) is 10.6. The van der Waals surface area contributed by atoms with Crippen LogP contribution >= 0.6 is 15.9 Å². The summed E-state index contributed by atoms with van der Waals surface area (Å²) in [5.41, 5.74) is 5.92. The van der Waals surface area contributed by atoms with Crippen LogP contribution in [-0.4, -0.2) is 11.2 Å². The van der Waals surface area contributed by atoms with Gasteiger partial charge in [-0.3, -0.25) is 0 Å². The third kappa shape index (κ3) is 2.49. The zero-order chi connectivity index (χ0) is 10.0. The molecule has 13 heavy (non-hydrogen) atoms. The van der Waals surface area contributed by atoms with E-state index in [0.29, 0.717) is 10.0 Å². The molecule has 0 aliphatic heterocycles. The van der Waals surface area contributed by atoms with Gasteiger partial charge in [-0.1, -0.05) is 22.0 Å². The molecule has 4 heteroatoms. The Morgan fingerprint density at radius 2 is 2.15 bits per heavy atom. The van der Waals surface area contributed by atoms with Gasteiger partial charge in [-0.25, -0.2) is 4.39 Å². The lowest BCUT2D eigenvalue weighted by molar-refractivity contribution is 0.162. The van der Waals surface area contributed by atoms with Crippen molar-refractivity contribution in [2.75, 3.05) is 0 Å². The van der Waals surface area contributed by atoms with Gasteiger partial charge in [-0.05, 0) is 19.1 Å². The van der Waals surface area contributed by atoms with Crippen molar-refractivity contribution >= 4 is 15.9 Å². The summed E-state index contributed by atoms with van der Waals surface area (Å²) in [5, 5.41) is 9.16. The van der Waals surface area contributed by atoms with Crippen LogP contribution in [0.4, 0.5) is 4.39 Å². The minimum Gasteiger partial charge on any atom is -0.391 e. The van der Waals surface area contributed by atoms with Crippen LogP contribution in [0, 0.1) is 5.82 Å². The van der Waals surface area contributed by atoms with Gasteiger partial charge in [-0.15, -0.1) is 0 Å². The van der Waals surface area contributed by atoms with E-state index in [1.807, 2.05) is 0 Å². The van der Waals surface area contributed by atoms with Gasteiger partial charge >= 0.3 is 0 Å². The zero-order valence-corrected chi connectivity index (χ0v) is 8.75. The second-order valence-electron chi connectivity index (χ2n) is 2.93. The van der Waals surface area contributed by atoms with Crippen molar-refractivity contribution in [2.45, 2.75) is 19.1 Å². The van der Waals surface area contributed by atoms with Gasteiger partial charge in [0.25, 0.3) is 0 Å². The Morgan fingerprint density at radius 1 is 1.54 bits per heavy atom. The molecule has 0 aliphatic carbocycles. The quantitative estimate of drug-likeness (QED) is 0.840. The number of hydrogen-bond donors (Lipinski definition) is 2. The topological polar surface area (TPSA) is 46.2 Å². The smallest absolute Gasteiger partial charge is 0.129 e. The van der Waals surface area contributed by atoms with Crippen LogP contribution in [0.2, 0.25) is 0 Å². The molecule has 0 radical (unpaired) electrons. The third-order valence-corrected chi connectivity index (χ3v) is 2.33. The largest absolute Gasteiger partial charge is 0.391 e. The second-order valence-corrected chi connectivity index (χ2v) is 3.85. The molecule has 0 saturated heterocycles. The molecule has 72 valence electrons. The molecular formula is C9H11BrFNO. The molecule has 3 N–H and O–H groups in total. The van der Waals surface area contributed by atoms with E-state index in [-0.39, 0.29) is 0 Å². The first-order valence-electron chi connectivity index (χ1n) is 3.91. The summed E-state index contributed by atoms with van der Waals surface area (Å²) in [6.07, 6.45) is -0.754. The highest BCUT2D eigenvalue weighted by atomic mass is 79.9. The lowest BCUT2D eigenvalue weighted by Crippen LogP contribution is -2.24. The molecular weight excluding hydrogens is 237 g/mol. The number of benzene rings is 1. The summed E-state index contributed by atoms with van der Waals surface area (Å²) in [6.45, 7) is 1.53. The SMILES string of the molecule is C[C@@H](O)[C@@H](N)c1ccc(Br)cc1F. The van der Waals surface area contributed by atoms with Crippen molar-refractivity contribution in [2.24, 2.45) is 5.73 Å². The lowest BCUT2D eigenvalue weighted by Gasteiger charge is -2.15. The normalized spacial score (nSPS) is 15.5. The third-order valence-electron chi connectivity index (χ3n) is 1.84. The molecule has 0 bridgehead atoms. The van der Waals surface area contributed by atoms with Gasteiger partial charge in [0.05, 0.1) is 12.1 Å². The fraction of sp³-hybridized carbons (Fsp3) is 0.333. The molecule has 2 atom stereocenters. The van der Waals surface area contributed by atoms with Gasteiger partial charge in [0, 0.05) is 10.0 Å². The van der Waals surface area contributed by atoms with Gasteiger partial charge in [0.1, 0.15) is 5.82 Å². The molecule has 1 aromatic carbocycles. The molecule has 0 fully saturated rings. The van der Waals surface area contributed by atoms with Crippen molar-refractivity contribution in [3.8, 4) is 0 Å². The average molecular weight is 248 g/mol. The van der Waals surface area contributed by atoms with E-state index in [4.69, 9.17) is 10.8 Å². The van der Waals surface area contributed by atoms with Gasteiger partial charge in [0.15, 0.2) is 0 Å². The average Bonchev–Trinajstić information content (AvgIpc) is 2.03. The predicted octanol–water partition coefficient (Wildman–Crippen LogP) is 1.97. The Balaban J connectivity index is 3.01. The van der Waals surface area contributed by atoms with E-state index in [1.54, 1.807) is 12.1 Å². The number of aliphatic hydroxyl groups excluding tert-OH is 1. The Hall–Kier alpha value is -0.450. The maximum Gasteiger partial charge on any atom is 0.129 e. The zero-order valence-electron chi connectivity index (χ0n) is 7.17. The van der Waals surface area contributed by atoms with E-state index in [0.717, 1.165) is 0 Å². The van der Waals surface area contributed by atoms with Crippen LogP contribution in [0.1, 0.15) is 18.5 Å². The van der Waals surface area contributed by atoms with E-state index in [9.17, 15) is 4.39 Å². The summed E-state index contributed by atoms with van der Waals surface area (Å²) in [6, 6.07) is 3.92. The Labute approximate surface area is 84.7 Å². The Morgan fingerprint density at radius 3 is 2.62 bits per heavy atom. The number of rotatable bonds is 2. The molecule has 2 nitrogen and oxygen atoms in total. The van der Waals surface area contributed by atoms with Crippen molar-refractivity contribution in [3.63, 3.8) is 0 Å². The highest BCUT2D eigenvalue weighted by molar-refractivity contribution is 9.10. The van der Waals surface area contributed by atoms with Gasteiger partial charge in [0.2, 0.25) is 0 Å². The minimum absolute atomic E-state index is 0.332. The standard InChI is InChI=1S/C9H11BrFNO/c1-5(13)9(12)7-3-2-6(10)4-8(7)11/h2-5,9,13H,12H2,1H3/t5-,9-/m1/s1. The maximum absolute atomic E-state index is 13.2.